The molecule has 8 heteroatoms. The summed E-state index contributed by atoms with van der Waals surface area (Å²) in [4.78, 5) is 31.6. The van der Waals surface area contributed by atoms with E-state index in [0.717, 1.165) is 38.3 Å². The number of aromatic nitrogens is 3. The van der Waals surface area contributed by atoms with Crippen LogP contribution in [-0.4, -0.2) is 70.4 Å². The Labute approximate surface area is 180 Å². The van der Waals surface area contributed by atoms with Crippen molar-refractivity contribution in [2.45, 2.75) is 13.0 Å². The minimum atomic E-state index is -0.102. The smallest absolute Gasteiger partial charge is 0.263 e. The van der Waals surface area contributed by atoms with Gasteiger partial charge in [0.15, 0.2) is 10.8 Å². The van der Waals surface area contributed by atoms with E-state index in [2.05, 4.69) is 49.2 Å². The maximum absolute atomic E-state index is 13.2. The Kier molecular flexibility index (Phi) is 6.47. The standard InChI is InChI=1S/C22H26N6OS/c1-16-19(30-22(25-16)20-23-9-6-10-24-20)21(29)26-18(17-7-4-3-5-8-17)15-28-13-11-27(2)12-14-28/h3-10,18H,11-15H2,1-2H3,(H,26,29). The van der Waals surface area contributed by atoms with Gasteiger partial charge < -0.3 is 10.2 Å². The number of carbonyl (C=O) groups is 1. The summed E-state index contributed by atoms with van der Waals surface area (Å²) in [7, 11) is 2.15. The number of hydrogen-bond acceptors (Lipinski definition) is 7. The number of carbonyl (C=O) groups excluding carboxylic acids is 1. The SMILES string of the molecule is Cc1nc(-c2ncccn2)sc1C(=O)NC(CN1CCN(C)CC1)c1ccccc1. The molecule has 0 aliphatic carbocycles. The highest BCUT2D eigenvalue weighted by atomic mass is 32.1. The predicted octanol–water partition coefficient (Wildman–Crippen LogP) is 2.63. The molecule has 3 aromatic rings. The lowest BCUT2D eigenvalue weighted by Crippen LogP contribution is -2.47. The van der Waals surface area contributed by atoms with Gasteiger partial charge in [-0.3, -0.25) is 9.69 Å². The fraction of sp³-hybridized carbons (Fsp3) is 0.364. The first kappa shape index (κ1) is 20.6. The second kappa shape index (κ2) is 9.42. The van der Waals surface area contributed by atoms with E-state index in [1.54, 1.807) is 18.5 Å². The number of piperazine rings is 1. The molecule has 30 heavy (non-hydrogen) atoms. The number of benzene rings is 1. The van der Waals surface area contributed by atoms with Crippen LogP contribution in [-0.2, 0) is 0 Å². The lowest BCUT2D eigenvalue weighted by Gasteiger charge is -2.35. The molecule has 0 radical (unpaired) electrons. The second-order valence-electron chi connectivity index (χ2n) is 7.55. The van der Waals surface area contributed by atoms with Gasteiger partial charge in [-0.25, -0.2) is 15.0 Å². The Morgan fingerprint density at radius 3 is 2.50 bits per heavy atom. The van der Waals surface area contributed by atoms with Crippen LogP contribution in [0.4, 0.5) is 0 Å². The first-order valence-electron chi connectivity index (χ1n) is 10.1. The van der Waals surface area contributed by atoms with Crippen molar-refractivity contribution in [1.82, 2.24) is 30.1 Å². The number of thiazole rings is 1. The second-order valence-corrected chi connectivity index (χ2v) is 8.55. The molecule has 1 aliphatic heterocycles. The third-order valence-electron chi connectivity index (χ3n) is 5.30. The molecular weight excluding hydrogens is 396 g/mol. The molecule has 1 amide bonds. The first-order chi connectivity index (χ1) is 14.6. The third kappa shape index (κ3) is 4.89. The molecule has 1 atom stereocenters. The summed E-state index contributed by atoms with van der Waals surface area (Å²) in [5, 5.41) is 3.91. The Morgan fingerprint density at radius 2 is 1.80 bits per heavy atom. The van der Waals surface area contributed by atoms with Gasteiger partial charge in [-0.15, -0.1) is 11.3 Å². The van der Waals surface area contributed by atoms with E-state index < -0.39 is 0 Å². The zero-order valence-corrected chi connectivity index (χ0v) is 18.1. The number of aryl methyl sites for hydroxylation is 1. The van der Waals surface area contributed by atoms with Gasteiger partial charge in [0.25, 0.3) is 5.91 Å². The number of nitrogens with zero attached hydrogens (tertiary/aromatic N) is 5. The molecule has 156 valence electrons. The van der Waals surface area contributed by atoms with Gasteiger partial charge in [-0.2, -0.15) is 0 Å². The molecule has 0 bridgehead atoms. The number of hydrogen-bond donors (Lipinski definition) is 1. The molecule has 1 aliphatic rings. The number of rotatable bonds is 6. The number of likely N-dealkylation sites (N-methyl/N-ethyl adjacent to an activating group) is 1. The zero-order chi connectivity index (χ0) is 20.9. The molecule has 1 aromatic carbocycles. The van der Waals surface area contributed by atoms with E-state index >= 15 is 0 Å². The molecule has 1 N–H and O–H groups in total. The van der Waals surface area contributed by atoms with E-state index in [1.807, 2.05) is 25.1 Å². The van der Waals surface area contributed by atoms with Gasteiger partial charge >= 0.3 is 0 Å². The summed E-state index contributed by atoms with van der Waals surface area (Å²) in [6, 6.07) is 11.9. The maximum Gasteiger partial charge on any atom is 0.263 e. The highest BCUT2D eigenvalue weighted by Gasteiger charge is 2.24. The van der Waals surface area contributed by atoms with Crippen molar-refractivity contribution >= 4 is 17.2 Å². The molecule has 4 rings (SSSR count). The van der Waals surface area contributed by atoms with Gasteiger partial charge in [0, 0.05) is 45.1 Å². The van der Waals surface area contributed by atoms with E-state index in [-0.39, 0.29) is 11.9 Å². The summed E-state index contributed by atoms with van der Waals surface area (Å²) < 4.78 is 0. The van der Waals surface area contributed by atoms with Gasteiger partial charge in [0.2, 0.25) is 0 Å². The van der Waals surface area contributed by atoms with Crippen LogP contribution in [0.3, 0.4) is 0 Å². The average Bonchev–Trinajstić information content (AvgIpc) is 3.18. The topological polar surface area (TPSA) is 74.2 Å². The van der Waals surface area contributed by atoms with Crippen LogP contribution < -0.4 is 5.32 Å². The Hall–Kier alpha value is -2.68. The van der Waals surface area contributed by atoms with Crippen molar-refractivity contribution in [1.29, 1.82) is 0 Å². The molecule has 1 fully saturated rings. The quantitative estimate of drug-likeness (QED) is 0.658. The normalized spacial score (nSPS) is 16.3. The molecule has 0 saturated carbocycles. The lowest BCUT2D eigenvalue weighted by atomic mass is 10.1. The molecule has 3 heterocycles. The molecular formula is C22H26N6OS. The summed E-state index contributed by atoms with van der Waals surface area (Å²) >= 11 is 1.34. The molecule has 2 aromatic heterocycles. The fourth-order valence-electron chi connectivity index (χ4n) is 3.54. The Morgan fingerprint density at radius 1 is 1.10 bits per heavy atom. The van der Waals surface area contributed by atoms with E-state index in [4.69, 9.17) is 0 Å². The summed E-state index contributed by atoms with van der Waals surface area (Å²) in [6.45, 7) is 6.75. The van der Waals surface area contributed by atoms with Crippen LogP contribution in [0, 0.1) is 6.92 Å². The van der Waals surface area contributed by atoms with Crippen molar-refractivity contribution in [3.05, 3.63) is 64.9 Å². The van der Waals surface area contributed by atoms with E-state index in [9.17, 15) is 4.79 Å². The largest absolute Gasteiger partial charge is 0.343 e. The minimum absolute atomic E-state index is 0.0833. The van der Waals surface area contributed by atoms with Crippen LogP contribution in [0.25, 0.3) is 10.8 Å². The van der Waals surface area contributed by atoms with Gasteiger partial charge in [0.05, 0.1) is 11.7 Å². The monoisotopic (exact) mass is 422 g/mol. The van der Waals surface area contributed by atoms with Crippen molar-refractivity contribution < 1.29 is 4.79 Å². The summed E-state index contributed by atoms with van der Waals surface area (Å²) in [5.74, 6) is 0.442. The first-order valence-corrected chi connectivity index (χ1v) is 10.9. The molecule has 1 saturated heterocycles. The molecule has 7 nitrogen and oxygen atoms in total. The fourth-order valence-corrected chi connectivity index (χ4v) is 4.46. The highest BCUT2D eigenvalue weighted by molar-refractivity contribution is 7.17. The average molecular weight is 423 g/mol. The van der Waals surface area contributed by atoms with Crippen molar-refractivity contribution in [3.8, 4) is 10.8 Å². The summed E-state index contributed by atoms with van der Waals surface area (Å²) in [5.41, 5.74) is 1.81. The lowest BCUT2D eigenvalue weighted by molar-refractivity contribution is 0.0910. The van der Waals surface area contributed by atoms with Gasteiger partial charge in [-0.05, 0) is 25.6 Å². The van der Waals surface area contributed by atoms with Crippen LogP contribution in [0.5, 0.6) is 0 Å². The van der Waals surface area contributed by atoms with Crippen molar-refractivity contribution in [3.63, 3.8) is 0 Å². The van der Waals surface area contributed by atoms with E-state index in [1.165, 1.54) is 11.3 Å². The zero-order valence-electron chi connectivity index (χ0n) is 17.3. The number of amides is 1. The van der Waals surface area contributed by atoms with Gasteiger partial charge in [-0.1, -0.05) is 30.3 Å². The van der Waals surface area contributed by atoms with Crippen LogP contribution in [0.15, 0.2) is 48.8 Å². The van der Waals surface area contributed by atoms with Crippen molar-refractivity contribution in [2.24, 2.45) is 0 Å². The predicted molar refractivity (Wildman–Crippen MR) is 118 cm³/mol. The molecule has 1 unspecified atom stereocenters. The van der Waals surface area contributed by atoms with Gasteiger partial charge in [0.1, 0.15) is 4.88 Å². The van der Waals surface area contributed by atoms with Crippen LogP contribution >= 0.6 is 11.3 Å². The molecule has 0 spiro atoms. The Bertz CT molecular complexity index is 970. The highest BCUT2D eigenvalue weighted by Crippen LogP contribution is 2.26. The maximum atomic E-state index is 13.2. The Balaban J connectivity index is 1.52. The van der Waals surface area contributed by atoms with Crippen LogP contribution in [0.1, 0.15) is 27.0 Å². The number of nitrogens with one attached hydrogen (secondary N) is 1. The van der Waals surface area contributed by atoms with Crippen LogP contribution in [0.2, 0.25) is 0 Å². The minimum Gasteiger partial charge on any atom is -0.343 e. The van der Waals surface area contributed by atoms with Crippen molar-refractivity contribution in [2.75, 3.05) is 39.8 Å². The third-order valence-corrected chi connectivity index (χ3v) is 6.46. The summed E-state index contributed by atoms with van der Waals surface area (Å²) in [6.07, 6.45) is 3.36. The van der Waals surface area contributed by atoms with E-state index in [0.29, 0.717) is 21.4 Å².